The molecule has 3 aromatic rings. The molecule has 1 aromatic carbocycles. The number of aliphatic hydroxyl groups excluding tert-OH is 1. The molecule has 8 nitrogen and oxygen atoms in total. The van der Waals surface area contributed by atoms with Gasteiger partial charge in [-0.2, -0.15) is 4.98 Å². The lowest BCUT2D eigenvalue weighted by molar-refractivity contribution is 0.281. The molecule has 0 aliphatic heterocycles. The zero-order valence-electron chi connectivity index (χ0n) is 16.4. The van der Waals surface area contributed by atoms with Crippen molar-refractivity contribution in [3.8, 4) is 16.5 Å². The first-order valence-corrected chi connectivity index (χ1v) is 11.8. The zero-order chi connectivity index (χ0) is 21.0. The van der Waals surface area contributed by atoms with Crippen LogP contribution < -0.4 is 15.4 Å². The number of anilines is 3. The quantitative estimate of drug-likeness (QED) is 0.465. The Morgan fingerprint density at radius 2 is 2.03 bits per heavy atom. The van der Waals surface area contributed by atoms with Crippen LogP contribution in [0.2, 0.25) is 0 Å². The number of thiazole rings is 1. The summed E-state index contributed by atoms with van der Waals surface area (Å²) in [5.74, 6) is 4.61. The number of nitrogens with one attached hydrogen (secondary N) is 2. The summed E-state index contributed by atoms with van der Waals surface area (Å²) in [6, 6.07) is 6.93. The third kappa shape index (κ3) is 5.22. The molecule has 3 rings (SSSR count). The van der Waals surface area contributed by atoms with Gasteiger partial charge in [-0.05, 0) is 46.6 Å². The molecule has 0 fully saturated rings. The van der Waals surface area contributed by atoms with Crippen LogP contribution in [-0.2, 0) is 9.52 Å². The molecular weight excluding hydrogens is 410 g/mol. The number of ether oxygens (including phenoxy) is 1. The molecule has 0 aliphatic carbocycles. The molecule has 3 N–H and O–H groups in total. The van der Waals surface area contributed by atoms with Gasteiger partial charge in [-0.3, -0.25) is 4.21 Å². The van der Waals surface area contributed by atoms with Gasteiger partial charge in [-0.15, -0.1) is 0 Å². The second-order valence-corrected chi connectivity index (χ2v) is 9.84. The largest absolute Gasteiger partial charge is 0.473 e. The smallest absolute Gasteiger partial charge is 0.273 e. The maximum absolute atomic E-state index is 12.0. The predicted molar refractivity (Wildman–Crippen MR) is 119 cm³/mol. The molecule has 2 aromatic heterocycles. The minimum Gasteiger partial charge on any atom is -0.473 e. The zero-order valence-corrected chi connectivity index (χ0v) is 18.0. The van der Waals surface area contributed by atoms with Crippen molar-refractivity contribution < 1.29 is 14.1 Å². The average molecular weight is 434 g/mol. The van der Waals surface area contributed by atoms with Crippen molar-refractivity contribution in [1.29, 1.82) is 0 Å². The first-order chi connectivity index (χ1) is 13.8. The molecule has 0 spiro atoms. The molecule has 29 heavy (non-hydrogen) atoms. The van der Waals surface area contributed by atoms with E-state index in [-0.39, 0.29) is 12.6 Å². The van der Waals surface area contributed by atoms with E-state index in [9.17, 15) is 9.32 Å². The Kier molecular flexibility index (Phi) is 6.36. The van der Waals surface area contributed by atoms with E-state index in [0.29, 0.717) is 33.1 Å². The van der Waals surface area contributed by atoms with Gasteiger partial charge in [0.05, 0.1) is 25.0 Å². The number of methoxy groups -OCH3 is 1. The highest BCUT2D eigenvalue weighted by molar-refractivity contribution is 7.99. The number of hydrogen-bond acceptors (Lipinski definition) is 9. The fourth-order valence-corrected chi connectivity index (χ4v) is 3.80. The Bertz CT molecular complexity index is 1080. The highest BCUT2D eigenvalue weighted by Gasteiger charge is 2.15. The predicted octanol–water partition coefficient (Wildman–Crippen LogP) is 2.85. The molecule has 0 amide bonds. The Morgan fingerprint density at radius 3 is 2.62 bits per heavy atom. The van der Waals surface area contributed by atoms with Crippen LogP contribution in [0.15, 0.2) is 40.7 Å². The molecule has 154 valence electrons. The molecule has 0 radical (unpaired) electrons. The van der Waals surface area contributed by atoms with E-state index in [2.05, 4.69) is 31.5 Å². The summed E-state index contributed by atoms with van der Waals surface area (Å²) in [7, 11) is -0.696. The fourth-order valence-electron chi connectivity index (χ4n) is 2.45. The monoisotopic (exact) mass is 433 g/mol. The molecule has 10 heteroatoms. The third-order valence-corrected chi connectivity index (χ3v) is 6.06. The number of aromatic nitrogens is 3. The molecule has 0 saturated carbocycles. The van der Waals surface area contributed by atoms with Gasteiger partial charge in [0.15, 0.2) is 0 Å². The summed E-state index contributed by atoms with van der Waals surface area (Å²) in [4.78, 5) is 14.0. The van der Waals surface area contributed by atoms with E-state index < -0.39 is 9.52 Å². The minimum absolute atomic E-state index is 0.0462. The average Bonchev–Trinajstić information content (AvgIpc) is 3.17. The van der Waals surface area contributed by atoms with Crippen LogP contribution in [0.3, 0.4) is 0 Å². The summed E-state index contributed by atoms with van der Waals surface area (Å²) in [6.07, 6.45) is 3.27. The highest BCUT2D eigenvalue weighted by Crippen LogP contribution is 2.31. The highest BCUT2D eigenvalue weighted by atomic mass is 32.2. The van der Waals surface area contributed by atoms with E-state index in [1.165, 1.54) is 11.3 Å². The second kappa shape index (κ2) is 8.76. The van der Waals surface area contributed by atoms with Crippen molar-refractivity contribution >= 4 is 44.2 Å². The summed E-state index contributed by atoms with van der Waals surface area (Å²) in [5, 5.41) is 18.1. The molecule has 0 bridgehead atoms. The fraction of sp³-hybridized carbons (Fsp3) is 0.263. The summed E-state index contributed by atoms with van der Waals surface area (Å²) in [6.45, 7) is 1.80. The first-order valence-electron chi connectivity index (χ1n) is 8.74. The molecule has 2 atom stereocenters. The van der Waals surface area contributed by atoms with Crippen LogP contribution in [0, 0.1) is 0 Å². The number of benzene rings is 1. The number of rotatable bonds is 8. The Balaban J connectivity index is 1.90. The van der Waals surface area contributed by atoms with Gasteiger partial charge >= 0.3 is 0 Å². The van der Waals surface area contributed by atoms with Crippen LogP contribution in [0.4, 0.5) is 17.5 Å². The lowest BCUT2D eigenvalue weighted by Crippen LogP contribution is -2.21. The van der Waals surface area contributed by atoms with Gasteiger partial charge in [-0.1, -0.05) is 11.3 Å². The van der Waals surface area contributed by atoms with Gasteiger partial charge in [0.1, 0.15) is 5.82 Å². The van der Waals surface area contributed by atoms with Gasteiger partial charge in [-0.25, -0.2) is 9.97 Å². The lowest BCUT2D eigenvalue weighted by Gasteiger charge is -2.15. The first kappa shape index (κ1) is 21.0. The van der Waals surface area contributed by atoms with Crippen LogP contribution in [-0.4, -0.2) is 56.2 Å². The third-order valence-electron chi connectivity index (χ3n) is 3.99. The summed E-state index contributed by atoms with van der Waals surface area (Å²) >= 11 is 1.38. The van der Waals surface area contributed by atoms with Gasteiger partial charge in [0.2, 0.25) is 5.95 Å². The van der Waals surface area contributed by atoms with Gasteiger partial charge in [0.25, 0.3) is 5.19 Å². The van der Waals surface area contributed by atoms with Crippen molar-refractivity contribution in [2.45, 2.75) is 17.9 Å². The van der Waals surface area contributed by atoms with Crippen molar-refractivity contribution in [2.75, 3.05) is 30.6 Å². The number of hydrogen-bond donors (Lipinski definition) is 3. The Morgan fingerprint density at radius 1 is 1.31 bits per heavy atom. The van der Waals surface area contributed by atoms with Gasteiger partial charge < -0.3 is 20.5 Å². The Labute approximate surface area is 174 Å². The molecule has 1 unspecified atom stereocenters. The number of aliphatic hydroxyl groups is 1. The van der Waals surface area contributed by atoms with Gasteiger partial charge in [0, 0.05) is 34.5 Å². The van der Waals surface area contributed by atoms with Crippen LogP contribution in [0.25, 0.3) is 11.3 Å². The van der Waals surface area contributed by atoms with Crippen molar-refractivity contribution in [2.24, 2.45) is 0 Å². The van der Waals surface area contributed by atoms with Crippen LogP contribution in [0.1, 0.15) is 6.92 Å². The van der Waals surface area contributed by atoms with E-state index >= 15 is 0 Å². The standard InChI is InChI=1S/C19H23N5O3S2/c1-12(10-25)21-17-15(16-11-28-19(23-16)27-2)9-20-18(24-17)22-13-5-7-14(8-6-13)29(3,4)26/h5-9,11-12,25H,3,10H2,1-2,4H3,(H2,20,21,22,24)/t12-,29?/m1/s1. The molecule has 0 saturated heterocycles. The molecule has 0 aliphatic rings. The molecule has 2 heterocycles. The van der Waals surface area contributed by atoms with E-state index in [1.54, 1.807) is 43.8 Å². The minimum atomic E-state index is -2.26. The van der Waals surface area contributed by atoms with Crippen molar-refractivity contribution in [3.63, 3.8) is 0 Å². The van der Waals surface area contributed by atoms with Crippen molar-refractivity contribution in [1.82, 2.24) is 15.0 Å². The van der Waals surface area contributed by atoms with E-state index in [4.69, 9.17) is 4.74 Å². The normalized spacial score (nSPS) is 14.1. The maximum atomic E-state index is 12.0. The summed E-state index contributed by atoms with van der Waals surface area (Å²) < 4.78 is 17.2. The van der Waals surface area contributed by atoms with E-state index in [0.717, 1.165) is 5.69 Å². The summed E-state index contributed by atoms with van der Waals surface area (Å²) in [5.41, 5.74) is 2.14. The van der Waals surface area contributed by atoms with E-state index in [1.807, 2.05) is 12.3 Å². The molecular formula is C19H23N5O3S2. The van der Waals surface area contributed by atoms with Crippen molar-refractivity contribution in [3.05, 3.63) is 35.8 Å². The van der Waals surface area contributed by atoms with Crippen LogP contribution in [0.5, 0.6) is 5.19 Å². The topological polar surface area (TPSA) is 109 Å². The van der Waals surface area contributed by atoms with Crippen LogP contribution >= 0.6 is 11.3 Å². The maximum Gasteiger partial charge on any atom is 0.273 e. The second-order valence-electron chi connectivity index (χ2n) is 6.54. The SMILES string of the molecule is C=S(C)(=O)c1ccc(Nc2ncc(-c3csc(OC)n3)c(N[C@H](C)CO)n2)cc1. The lowest BCUT2D eigenvalue weighted by atomic mass is 10.2. The number of nitrogens with zero attached hydrogens (tertiary/aromatic N) is 3. The Hall–Kier alpha value is -2.69.